The number of hydrogen-bond acceptors (Lipinski definition) is 4. The van der Waals surface area contributed by atoms with Crippen molar-refractivity contribution in [1.29, 1.82) is 0 Å². The molecule has 6 nitrogen and oxygen atoms in total. The number of rotatable bonds is 11. The third kappa shape index (κ3) is 7.29. The van der Waals surface area contributed by atoms with Crippen molar-refractivity contribution in [2.45, 2.75) is 53.6 Å². The summed E-state index contributed by atoms with van der Waals surface area (Å²) in [4.78, 5) is 27.8. The molecular weight excluding hydrogens is 404 g/mol. The first-order valence-electron chi connectivity index (χ1n) is 11.1. The van der Waals surface area contributed by atoms with E-state index in [1.807, 2.05) is 77.1 Å². The van der Waals surface area contributed by atoms with E-state index in [4.69, 9.17) is 9.47 Å². The van der Waals surface area contributed by atoms with E-state index in [2.05, 4.69) is 5.32 Å². The molecule has 0 saturated carbocycles. The lowest BCUT2D eigenvalue weighted by atomic mass is 10.1. The number of hydrogen-bond donors (Lipinski definition) is 1. The average molecular weight is 441 g/mol. The lowest BCUT2D eigenvalue weighted by Gasteiger charge is -2.31. The van der Waals surface area contributed by atoms with Crippen molar-refractivity contribution in [2.24, 2.45) is 5.92 Å². The Morgan fingerprint density at radius 3 is 2.41 bits per heavy atom. The highest BCUT2D eigenvalue weighted by molar-refractivity contribution is 5.88. The normalized spacial score (nSPS) is 11.7. The molecular formula is C26H36N2O4. The zero-order valence-electron chi connectivity index (χ0n) is 20.1. The molecule has 0 fully saturated rings. The summed E-state index contributed by atoms with van der Waals surface area (Å²) in [5.74, 6) is 1.28. The first kappa shape index (κ1) is 25.2. The van der Waals surface area contributed by atoms with Gasteiger partial charge in [-0.1, -0.05) is 39.0 Å². The molecule has 0 saturated heterocycles. The minimum absolute atomic E-state index is 0.138. The molecule has 0 aliphatic rings. The van der Waals surface area contributed by atoms with Crippen LogP contribution < -0.4 is 14.8 Å². The number of methoxy groups -OCH3 is 1. The van der Waals surface area contributed by atoms with Crippen LogP contribution in [0.15, 0.2) is 42.5 Å². The number of ether oxygens (including phenoxy) is 2. The van der Waals surface area contributed by atoms with Gasteiger partial charge in [-0.3, -0.25) is 9.59 Å². The summed E-state index contributed by atoms with van der Waals surface area (Å²) in [6.07, 6.45) is 0.503. The molecule has 1 N–H and O–H groups in total. The molecule has 2 rings (SSSR count). The quantitative estimate of drug-likeness (QED) is 0.567. The van der Waals surface area contributed by atoms with Crippen LogP contribution in [0.25, 0.3) is 0 Å². The largest absolute Gasteiger partial charge is 0.497 e. The van der Waals surface area contributed by atoms with Crippen LogP contribution in [-0.4, -0.2) is 43.0 Å². The van der Waals surface area contributed by atoms with Crippen LogP contribution in [-0.2, 0) is 16.1 Å². The van der Waals surface area contributed by atoms with Gasteiger partial charge in [0.15, 0.2) is 6.61 Å². The van der Waals surface area contributed by atoms with Crippen LogP contribution >= 0.6 is 0 Å². The third-order valence-corrected chi connectivity index (χ3v) is 5.40. The van der Waals surface area contributed by atoms with E-state index in [1.54, 1.807) is 12.0 Å². The molecule has 0 aliphatic carbocycles. The van der Waals surface area contributed by atoms with Crippen molar-refractivity contribution in [3.05, 3.63) is 59.2 Å². The van der Waals surface area contributed by atoms with Gasteiger partial charge in [-0.2, -0.15) is 0 Å². The second-order valence-corrected chi connectivity index (χ2v) is 8.47. The maximum atomic E-state index is 13.3. The first-order chi connectivity index (χ1) is 15.2. The molecule has 32 heavy (non-hydrogen) atoms. The van der Waals surface area contributed by atoms with Crippen LogP contribution in [0, 0.1) is 19.8 Å². The highest BCUT2D eigenvalue weighted by Crippen LogP contribution is 2.19. The van der Waals surface area contributed by atoms with Crippen molar-refractivity contribution in [3.8, 4) is 11.5 Å². The van der Waals surface area contributed by atoms with Gasteiger partial charge in [0.2, 0.25) is 5.91 Å². The minimum atomic E-state index is -0.587. The van der Waals surface area contributed by atoms with E-state index in [9.17, 15) is 9.59 Å². The fraction of sp³-hybridized carbons (Fsp3) is 0.462. The van der Waals surface area contributed by atoms with E-state index in [0.717, 1.165) is 16.7 Å². The van der Waals surface area contributed by atoms with Gasteiger partial charge in [0.1, 0.15) is 17.5 Å². The van der Waals surface area contributed by atoms with Crippen molar-refractivity contribution < 1.29 is 19.1 Å². The van der Waals surface area contributed by atoms with Gasteiger partial charge in [-0.05, 0) is 67.1 Å². The Balaban J connectivity index is 2.22. The Labute approximate surface area is 191 Å². The maximum absolute atomic E-state index is 13.3. The summed E-state index contributed by atoms with van der Waals surface area (Å²) in [5, 5.41) is 2.97. The van der Waals surface area contributed by atoms with E-state index < -0.39 is 6.04 Å². The Hall–Kier alpha value is -3.02. The lowest BCUT2D eigenvalue weighted by Crippen LogP contribution is -2.50. The monoisotopic (exact) mass is 440 g/mol. The molecule has 0 bridgehead atoms. The highest BCUT2D eigenvalue weighted by Gasteiger charge is 2.29. The van der Waals surface area contributed by atoms with Gasteiger partial charge < -0.3 is 19.7 Å². The van der Waals surface area contributed by atoms with Gasteiger partial charge in [0.05, 0.1) is 7.11 Å². The molecule has 0 radical (unpaired) electrons. The van der Waals surface area contributed by atoms with Crippen molar-refractivity contribution in [2.75, 3.05) is 20.3 Å². The summed E-state index contributed by atoms with van der Waals surface area (Å²) < 4.78 is 11.1. The number of amides is 2. The molecule has 6 heteroatoms. The Kier molecular flexibility index (Phi) is 9.57. The van der Waals surface area contributed by atoms with Crippen molar-refractivity contribution >= 4 is 11.8 Å². The molecule has 0 spiro atoms. The standard InChI is InChI=1S/C26H36N2O4/c1-7-24(26(30)27-15-18(2)3)28(16-21-9-8-10-22(14-21)31-6)25(29)17-32-23-12-11-19(4)20(5)13-23/h8-14,18,24H,7,15-17H2,1-6H3,(H,27,30)/t24-/m0/s1. The van der Waals surface area contributed by atoms with Gasteiger partial charge in [-0.25, -0.2) is 0 Å². The molecule has 1 atom stereocenters. The second kappa shape index (κ2) is 12.1. The number of benzene rings is 2. The third-order valence-electron chi connectivity index (χ3n) is 5.40. The van der Waals surface area contributed by atoms with E-state index in [1.165, 1.54) is 0 Å². The predicted octanol–water partition coefficient (Wildman–Crippen LogP) is 4.27. The maximum Gasteiger partial charge on any atom is 0.261 e. The van der Waals surface area contributed by atoms with E-state index in [-0.39, 0.29) is 18.4 Å². The summed E-state index contributed by atoms with van der Waals surface area (Å²) in [6, 6.07) is 12.7. The topological polar surface area (TPSA) is 67.9 Å². The van der Waals surface area contributed by atoms with Gasteiger partial charge in [0.25, 0.3) is 5.91 Å². The van der Waals surface area contributed by atoms with Crippen LogP contribution in [0.1, 0.15) is 43.9 Å². The molecule has 0 aliphatic heterocycles. The molecule has 0 aromatic heterocycles. The number of carbonyl (C=O) groups excluding carboxylic acids is 2. The van der Waals surface area contributed by atoms with Gasteiger partial charge in [0, 0.05) is 13.1 Å². The first-order valence-corrected chi connectivity index (χ1v) is 11.1. The molecule has 174 valence electrons. The van der Waals surface area contributed by atoms with Crippen LogP contribution in [0.5, 0.6) is 11.5 Å². The molecule has 0 unspecified atom stereocenters. The smallest absolute Gasteiger partial charge is 0.261 e. The molecule has 0 heterocycles. The Bertz CT molecular complexity index is 910. The van der Waals surface area contributed by atoms with Crippen molar-refractivity contribution in [1.82, 2.24) is 10.2 Å². The predicted molar refractivity (Wildman–Crippen MR) is 127 cm³/mol. The zero-order chi connectivity index (χ0) is 23.7. The van der Waals surface area contributed by atoms with E-state index >= 15 is 0 Å². The van der Waals surface area contributed by atoms with Gasteiger partial charge in [-0.15, -0.1) is 0 Å². The van der Waals surface area contributed by atoms with E-state index in [0.29, 0.717) is 36.9 Å². The van der Waals surface area contributed by atoms with Crippen LogP contribution in [0.3, 0.4) is 0 Å². The molecule has 2 amide bonds. The van der Waals surface area contributed by atoms with Gasteiger partial charge >= 0.3 is 0 Å². The van der Waals surface area contributed by atoms with Crippen molar-refractivity contribution in [3.63, 3.8) is 0 Å². The number of carbonyl (C=O) groups is 2. The fourth-order valence-corrected chi connectivity index (χ4v) is 3.34. The second-order valence-electron chi connectivity index (χ2n) is 8.47. The Morgan fingerprint density at radius 2 is 1.78 bits per heavy atom. The molecule has 2 aromatic rings. The Morgan fingerprint density at radius 1 is 1.03 bits per heavy atom. The van der Waals surface area contributed by atoms with Crippen LogP contribution in [0.4, 0.5) is 0 Å². The SMILES string of the molecule is CC[C@@H](C(=O)NCC(C)C)N(Cc1cccc(OC)c1)C(=O)COc1ccc(C)c(C)c1. The summed E-state index contributed by atoms with van der Waals surface area (Å²) in [6.45, 7) is 10.7. The lowest BCUT2D eigenvalue weighted by molar-refractivity contribution is -0.143. The summed E-state index contributed by atoms with van der Waals surface area (Å²) in [7, 11) is 1.60. The van der Waals surface area contributed by atoms with Crippen LogP contribution in [0.2, 0.25) is 0 Å². The number of nitrogens with one attached hydrogen (secondary N) is 1. The fourth-order valence-electron chi connectivity index (χ4n) is 3.34. The summed E-state index contributed by atoms with van der Waals surface area (Å²) in [5.41, 5.74) is 3.15. The summed E-state index contributed by atoms with van der Waals surface area (Å²) >= 11 is 0. The number of nitrogens with zero attached hydrogens (tertiary/aromatic N) is 1. The average Bonchev–Trinajstić information content (AvgIpc) is 2.78. The highest BCUT2D eigenvalue weighted by atomic mass is 16.5. The number of aryl methyl sites for hydroxylation is 2. The molecule has 2 aromatic carbocycles. The zero-order valence-corrected chi connectivity index (χ0v) is 20.1. The minimum Gasteiger partial charge on any atom is -0.497 e.